The third-order valence-corrected chi connectivity index (χ3v) is 6.15. The minimum atomic E-state index is -0.495. The van der Waals surface area contributed by atoms with E-state index in [1.165, 1.54) is 35.5 Å². The Balaban J connectivity index is 1.88. The summed E-state index contributed by atoms with van der Waals surface area (Å²) in [5.74, 6) is 0.847. The van der Waals surface area contributed by atoms with Crippen LogP contribution >= 0.6 is 11.8 Å². The van der Waals surface area contributed by atoms with E-state index in [2.05, 4.69) is 9.97 Å². The van der Waals surface area contributed by atoms with Crippen molar-refractivity contribution in [2.24, 2.45) is 14.1 Å². The average molecular weight is 449 g/mol. The van der Waals surface area contributed by atoms with Crippen molar-refractivity contribution in [2.75, 3.05) is 0 Å². The number of aryl methyl sites for hydroxylation is 2. The molecule has 32 heavy (non-hydrogen) atoms. The minimum absolute atomic E-state index is 0.0511. The first kappa shape index (κ1) is 21.4. The second-order valence-electron chi connectivity index (χ2n) is 7.33. The molecular weight excluding hydrogens is 430 g/mol. The molecule has 0 saturated carbocycles. The maximum atomic E-state index is 12.9. The molecule has 9 nitrogen and oxygen atoms in total. The summed E-state index contributed by atoms with van der Waals surface area (Å²) in [5, 5.41) is 11.7. The van der Waals surface area contributed by atoms with E-state index >= 15 is 0 Å². The van der Waals surface area contributed by atoms with Gasteiger partial charge in [0.05, 0.1) is 4.92 Å². The molecule has 0 unspecified atom stereocenters. The van der Waals surface area contributed by atoms with Crippen molar-refractivity contribution in [3.8, 4) is 11.4 Å². The van der Waals surface area contributed by atoms with E-state index in [0.29, 0.717) is 16.3 Å². The van der Waals surface area contributed by atoms with Crippen LogP contribution in [0.15, 0.2) is 63.1 Å². The molecule has 0 atom stereocenters. The quantitative estimate of drug-likeness (QED) is 0.199. The SMILES string of the molecule is Cc1ccc(CSc2nc(-c3ccc([N+](=O)[O-])cc3)nc3c2c(=O)n(C)c(=O)n3C)cc1. The molecule has 0 spiro atoms. The van der Waals surface area contributed by atoms with Gasteiger partial charge in [0.15, 0.2) is 11.5 Å². The Morgan fingerprint density at radius 1 is 0.969 bits per heavy atom. The number of rotatable bonds is 5. The van der Waals surface area contributed by atoms with Gasteiger partial charge in [-0.25, -0.2) is 14.8 Å². The largest absolute Gasteiger partial charge is 0.332 e. The average Bonchev–Trinajstić information content (AvgIpc) is 2.80. The lowest BCUT2D eigenvalue weighted by Crippen LogP contribution is -2.37. The highest BCUT2D eigenvalue weighted by Crippen LogP contribution is 2.29. The van der Waals surface area contributed by atoms with E-state index in [1.54, 1.807) is 19.2 Å². The Hall–Kier alpha value is -3.79. The summed E-state index contributed by atoms with van der Waals surface area (Å²) in [6, 6.07) is 13.9. The molecular formula is C22H19N5O4S. The van der Waals surface area contributed by atoms with Gasteiger partial charge in [0.2, 0.25) is 0 Å². The molecule has 0 saturated heterocycles. The van der Waals surface area contributed by atoms with Crippen molar-refractivity contribution >= 4 is 28.5 Å². The van der Waals surface area contributed by atoms with Crippen LogP contribution in [-0.4, -0.2) is 24.0 Å². The number of nitro groups is 1. The van der Waals surface area contributed by atoms with E-state index < -0.39 is 16.2 Å². The number of benzene rings is 2. The molecule has 10 heteroatoms. The van der Waals surface area contributed by atoms with Gasteiger partial charge in [-0.3, -0.25) is 24.0 Å². The topological polar surface area (TPSA) is 113 Å². The zero-order valence-electron chi connectivity index (χ0n) is 17.6. The number of nitro benzene ring substituents is 1. The van der Waals surface area contributed by atoms with Gasteiger partial charge in [-0.2, -0.15) is 0 Å². The van der Waals surface area contributed by atoms with Gasteiger partial charge in [-0.15, -0.1) is 11.8 Å². The predicted octanol–water partition coefficient (Wildman–Crippen LogP) is 3.20. The summed E-state index contributed by atoms with van der Waals surface area (Å²) in [4.78, 5) is 45.0. The lowest BCUT2D eigenvalue weighted by Gasteiger charge is -2.12. The van der Waals surface area contributed by atoms with Gasteiger partial charge in [0.1, 0.15) is 10.4 Å². The number of hydrogen-bond donors (Lipinski definition) is 0. The third kappa shape index (κ3) is 3.92. The van der Waals surface area contributed by atoms with Crippen LogP contribution in [0.4, 0.5) is 5.69 Å². The Kier molecular flexibility index (Phi) is 5.62. The van der Waals surface area contributed by atoms with Gasteiger partial charge in [-0.1, -0.05) is 29.8 Å². The summed E-state index contributed by atoms with van der Waals surface area (Å²) >= 11 is 1.38. The fourth-order valence-electron chi connectivity index (χ4n) is 3.23. The fourth-order valence-corrected chi connectivity index (χ4v) is 4.20. The maximum Gasteiger partial charge on any atom is 0.332 e. The molecule has 4 rings (SSSR count). The van der Waals surface area contributed by atoms with E-state index in [1.807, 2.05) is 31.2 Å². The molecule has 0 N–H and O–H groups in total. The van der Waals surface area contributed by atoms with Gasteiger partial charge in [0.25, 0.3) is 11.2 Å². The number of hydrogen-bond acceptors (Lipinski definition) is 7. The first-order valence-corrected chi connectivity index (χ1v) is 10.7. The standard InChI is InChI=1S/C22H19N5O4S/c1-13-4-6-14(7-5-13)12-32-20-17-19(25(2)22(29)26(3)21(17)28)23-18(24-20)15-8-10-16(11-9-15)27(30)31/h4-11H,12H2,1-3H3. The molecule has 2 aromatic carbocycles. The molecule has 0 aliphatic rings. The highest BCUT2D eigenvalue weighted by molar-refractivity contribution is 7.98. The van der Waals surface area contributed by atoms with Crippen molar-refractivity contribution in [3.63, 3.8) is 0 Å². The fraction of sp³-hybridized carbons (Fsp3) is 0.182. The van der Waals surface area contributed by atoms with Gasteiger partial charge in [-0.05, 0) is 24.6 Å². The van der Waals surface area contributed by atoms with Crippen molar-refractivity contribution in [1.82, 2.24) is 19.1 Å². The van der Waals surface area contributed by atoms with Crippen LogP contribution in [0.1, 0.15) is 11.1 Å². The lowest BCUT2D eigenvalue weighted by molar-refractivity contribution is -0.384. The van der Waals surface area contributed by atoms with Crippen LogP contribution < -0.4 is 11.2 Å². The Morgan fingerprint density at radius 2 is 1.62 bits per heavy atom. The van der Waals surface area contributed by atoms with Crippen LogP contribution in [0.2, 0.25) is 0 Å². The highest BCUT2D eigenvalue weighted by atomic mass is 32.2. The van der Waals surface area contributed by atoms with Crippen LogP contribution in [0.3, 0.4) is 0 Å². The van der Waals surface area contributed by atoms with Crippen molar-refractivity contribution in [2.45, 2.75) is 17.7 Å². The Labute approximate surface area is 186 Å². The molecule has 0 fully saturated rings. The number of non-ortho nitro benzene ring substituents is 1. The van der Waals surface area contributed by atoms with E-state index in [0.717, 1.165) is 15.7 Å². The summed E-state index contributed by atoms with van der Waals surface area (Å²) in [6.45, 7) is 2.01. The molecule has 0 amide bonds. The summed E-state index contributed by atoms with van der Waals surface area (Å²) in [7, 11) is 2.97. The number of thioether (sulfide) groups is 1. The van der Waals surface area contributed by atoms with Gasteiger partial charge < -0.3 is 0 Å². The monoisotopic (exact) mass is 449 g/mol. The molecule has 0 radical (unpaired) electrons. The van der Waals surface area contributed by atoms with Gasteiger partial charge >= 0.3 is 5.69 Å². The second kappa shape index (κ2) is 8.39. The minimum Gasteiger partial charge on any atom is -0.280 e. The van der Waals surface area contributed by atoms with Crippen molar-refractivity contribution in [3.05, 3.63) is 90.6 Å². The van der Waals surface area contributed by atoms with Crippen LogP contribution in [-0.2, 0) is 19.8 Å². The van der Waals surface area contributed by atoms with E-state index in [4.69, 9.17) is 0 Å². The third-order valence-electron chi connectivity index (χ3n) is 5.10. The maximum absolute atomic E-state index is 12.9. The van der Waals surface area contributed by atoms with Crippen LogP contribution in [0, 0.1) is 17.0 Å². The van der Waals surface area contributed by atoms with E-state index in [-0.39, 0.29) is 22.5 Å². The molecule has 0 bridgehead atoms. The Bertz CT molecular complexity index is 1460. The molecule has 0 aliphatic carbocycles. The number of nitrogens with zero attached hydrogens (tertiary/aromatic N) is 5. The normalized spacial score (nSPS) is 11.1. The highest BCUT2D eigenvalue weighted by Gasteiger charge is 2.18. The molecule has 0 aliphatic heterocycles. The zero-order chi connectivity index (χ0) is 23.0. The second-order valence-corrected chi connectivity index (χ2v) is 8.30. The van der Waals surface area contributed by atoms with E-state index in [9.17, 15) is 19.7 Å². The van der Waals surface area contributed by atoms with Crippen LogP contribution in [0.25, 0.3) is 22.4 Å². The summed E-state index contributed by atoms with van der Waals surface area (Å²) < 4.78 is 2.34. The molecule has 2 aromatic heterocycles. The molecule has 162 valence electrons. The van der Waals surface area contributed by atoms with Crippen molar-refractivity contribution < 1.29 is 4.92 Å². The summed E-state index contributed by atoms with van der Waals surface area (Å²) in [6.07, 6.45) is 0. The predicted molar refractivity (Wildman–Crippen MR) is 123 cm³/mol. The van der Waals surface area contributed by atoms with Gasteiger partial charge in [0, 0.05) is 37.5 Å². The van der Waals surface area contributed by atoms with Crippen LogP contribution in [0.5, 0.6) is 0 Å². The number of fused-ring (bicyclic) bond motifs is 1. The molecule has 2 heterocycles. The van der Waals surface area contributed by atoms with Crippen molar-refractivity contribution in [1.29, 1.82) is 0 Å². The molecule has 4 aromatic rings. The first-order valence-electron chi connectivity index (χ1n) is 9.67. The lowest BCUT2D eigenvalue weighted by atomic mass is 10.2. The first-order chi connectivity index (χ1) is 15.3. The smallest absolute Gasteiger partial charge is 0.280 e. The Morgan fingerprint density at radius 3 is 2.25 bits per heavy atom. The number of aromatic nitrogens is 4. The summed E-state index contributed by atoms with van der Waals surface area (Å²) in [5.41, 5.74) is 1.96. The zero-order valence-corrected chi connectivity index (χ0v) is 18.4.